The minimum atomic E-state index is -4.52. The summed E-state index contributed by atoms with van der Waals surface area (Å²) in [6, 6.07) is 16.4. The third-order valence-corrected chi connectivity index (χ3v) is 14.7. The lowest BCUT2D eigenvalue weighted by atomic mass is 9.72. The van der Waals surface area contributed by atoms with Gasteiger partial charge in [0.25, 0.3) is 0 Å². The largest absolute Gasteiger partial charge is 0.490 e. The van der Waals surface area contributed by atoms with Crippen LogP contribution in [-0.4, -0.2) is 72.3 Å². The van der Waals surface area contributed by atoms with Crippen molar-refractivity contribution in [3.63, 3.8) is 0 Å². The minimum absolute atomic E-state index is 0. The lowest BCUT2D eigenvalue weighted by Gasteiger charge is -2.37. The van der Waals surface area contributed by atoms with Crippen LogP contribution < -0.4 is 9.47 Å². The van der Waals surface area contributed by atoms with Crippen molar-refractivity contribution in [3.8, 4) is 11.5 Å². The van der Waals surface area contributed by atoms with E-state index in [9.17, 15) is 35.9 Å². The second kappa shape index (κ2) is 20.8. The van der Waals surface area contributed by atoms with Crippen molar-refractivity contribution in [1.82, 2.24) is 9.80 Å². The van der Waals surface area contributed by atoms with Gasteiger partial charge in [-0.3, -0.25) is 19.4 Å². The number of aliphatic carboxylic acids is 1. The Morgan fingerprint density at radius 3 is 1.26 bits per heavy atom. The molecule has 2 aliphatic carbocycles. The Morgan fingerprint density at radius 1 is 0.574 bits per heavy atom. The average Bonchev–Trinajstić information content (AvgIpc) is 3.21. The number of methoxy groups -OCH3 is 1. The van der Waals surface area contributed by atoms with Crippen LogP contribution in [0.15, 0.2) is 60.7 Å². The maximum atomic E-state index is 14.1. The molecular weight excluding hydrogens is 887 g/mol. The van der Waals surface area contributed by atoms with E-state index in [1.165, 1.54) is 25.3 Å². The van der Waals surface area contributed by atoms with Crippen LogP contribution in [-0.2, 0) is 39.8 Å². The number of fused-ring (bicyclic) bond motifs is 2. The van der Waals surface area contributed by atoms with Gasteiger partial charge in [0.05, 0.1) is 31.2 Å². The number of esters is 1. The summed E-state index contributed by atoms with van der Waals surface area (Å²) in [5.74, 6) is -0.543. The number of benzene rings is 4. The van der Waals surface area contributed by atoms with E-state index in [2.05, 4.69) is 46.4 Å². The first kappa shape index (κ1) is 52.8. The number of carbonyl (C=O) groups excluding carboxylic acids is 1. The van der Waals surface area contributed by atoms with Crippen LogP contribution in [0.5, 0.6) is 11.5 Å². The molecule has 2 saturated carbocycles. The fraction of sp³-hybridized carbons (Fsp3) is 0.593. The Balaban J connectivity index is 0.000000221. The summed E-state index contributed by atoms with van der Waals surface area (Å²) >= 11 is 0. The summed E-state index contributed by atoms with van der Waals surface area (Å²) in [7, 11) is 1.38. The van der Waals surface area contributed by atoms with Gasteiger partial charge in [-0.25, -0.2) is 0 Å². The van der Waals surface area contributed by atoms with Gasteiger partial charge in [0.15, 0.2) is 0 Å². The fourth-order valence-electron chi connectivity index (χ4n) is 10.5. The van der Waals surface area contributed by atoms with E-state index >= 15 is 0 Å². The van der Waals surface area contributed by atoms with Crippen molar-refractivity contribution < 1.29 is 55.2 Å². The molecule has 4 aromatic carbocycles. The number of hydrogen-bond acceptors (Lipinski definition) is 7. The van der Waals surface area contributed by atoms with Crippen LogP contribution in [0.3, 0.4) is 0 Å². The number of nitrogens with zero attached hydrogens (tertiary/aromatic N) is 2. The fourth-order valence-corrected chi connectivity index (χ4v) is 10.5. The molecule has 0 radical (unpaired) electrons. The highest BCUT2D eigenvalue weighted by Gasteiger charge is 2.41. The van der Waals surface area contributed by atoms with Crippen molar-refractivity contribution in [1.29, 1.82) is 0 Å². The average molecular weight is 957 g/mol. The molecule has 68 heavy (non-hydrogen) atoms. The van der Waals surface area contributed by atoms with Crippen molar-refractivity contribution in [2.24, 2.45) is 34.5 Å². The molecule has 0 spiro atoms. The molecule has 0 unspecified atom stereocenters. The molecule has 14 heteroatoms. The third-order valence-electron chi connectivity index (χ3n) is 14.7. The maximum absolute atomic E-state index is 14.1. The summed E-state index contributed by atoms with van der Waals surface area (Å²) in [5, 5.41) is 10.4. The highest BCUT2D eigenvalue weighted by atomic mass is 19.4. The summed E-state index contributed by atoms with van der Waals surface area (Å²) in [5.41, 5.74) is 0.794. The summed E-state index contributed by atoms with van der Waals surface area (Å²) in [6.45, 7) is 16.5. The van der Waals surface area contributed by atoms with Gasteiger partial charge in [-0.1, -0.05) is 85.4 Å². The second-order valence-electron chi connectivity index (χ2n) is 21.5. The molecule has 8 rings (SSSR count). The van der Waals surface area contributed by atoms with Gasteiger partial charge in [0, 0.05) is 39.3 Å². The normalized spacial score (nSPS) is 22.3. The van der Waals surface area contributed by atoms with Crippen molar-refractivity contribution in [2.45, 2.75) is 138 Å². The molecule has 2 heterocycles. The monoisotopic (exact) mass is 957 g/mol. The lowest BCUT2D eigenvalue weighted by Crippen LogP contribution is -2.49. The Morgan fingerprint density at radius 2 is 0.941 bits per heavy atom. The van der Waals surface area contributed by atoms with E-state index in [1.54, 1.807) is 42.5 Å². The number of halogens is 6. The van der Waals surface area contributed by atoms with E-state index in [1.807, 2.05) is 4.90 Å². The lowest BCUT2D eigenvalue weighted by molar-refractivity contribution is -0.151. The van der Waals surface area contributed by atoms with Crippen LogP contribution in [0.25, 0.3) is 21.5 Å². The summed E-state index contributed by atoms with van der Waals surface area (Å²) < 4.78 is 101. The van der Waals surface area contributed by atoms with Crippen LogP contribution in [0, 0.1) is 34.5 Å². The second-order valence-corrected chi connectivity index (χ2v) is 21.5. The number of carboxylic acids is 1. The standard InChI is InChI=1S/C27H34F3NO3.C26H32F3NO3.CH4/c1-26(2,3)20-7-9-21(10-8-20)34-23-12-6-18-13-17(5-11-22(18)24(23)27(28,29)30)14-31-15-19(16-31)25(32)33-4;1-25(2,3)19-6-8-20(9-7-19)33-22-11-5-17-12-16(13-30-14-18(15-30)24(31)32)4-10-21(17)23(22)26(27,28)29;/h5-6,11-13,19-21H,7-10,14-16H2,1-4H3;4-5,10-12,18-20H,6-9,13-15H2,1-3H3,(H,31,32);1H4. The van der Waals surface area contributed by atoms with Crippen molar-refractivity contribution in [2.75, 3.05) is 33.3 Å². The molecule has 8 nitrogen and oxygen atoms in total. The maximum Gasteiger partial charge on any atom is 0.420 e. The summed E-state index contributed by atoms with van der Waals surface area (Å²) in [4.78, 5) is 26.6. The number of likely N-dealkylation sites (tertiary alicyclic amines) is 2. The highest BCUT2D eigenvalue weighted by Crippen LogP contribution is 2.46. The van der Waals surface area contributed by atoms with E-state index in [0.29, 0.717) is 61.9 Å². The van der Waals surface area contributed by atoms with Gasteiger partial charge in [-0.15, -0.1) is 0 Å². The molecule has 4 fully saturated rings. The Bertz CT molecular complexity index is 2380. The number of hydrogen-bond donors (Lipinski definition) is 1. The molecule has 4 aliphatic rings. The van der Waals surface area contributed by atoms with Crippen LogP contribution in [0.2, 0.25) is 0 Å². The Hall–Kier alpha value is -4.56. The molecule has 4 aromatic rings. The predicted octanol–water partition coefficient (Wildman–Crippen LogP) is 13.4. The van der Waals surface area contributed by atoms with Crippen LogP contribution in [0.1, 0.15) is 123 Å². The molecule has 1 N–H and O–H groups in total. The molecule has 0 atom stereocenters. The molecule has 0 bridgehead atoms. The molecule has 0 amide bonds. The van der Waals surface area contributed by atoms with Crippen LogP contribution >= 0.6 is 0 Å². The molecule has 2 saturated heterocycles. The first-order valence-electron chi connectivity index (χ1n) is 23.7. The van der Waals surface area contributed by atoms with Gasteiger partial charge in [-0.05, 0) is 131 Å². The zero-order valence-corrected chi connectivity index (χ0v) is 39.8. The molecule has 0 aromatic heterocycles. The molecule has 374 valence electrons. The van der Waals surface area contributed by atoms with Gasteiger partial charge in [0.1, 0.15) is 22.6 Å². The van der Waals surface area contributed by atoms with Gasteiger partial charge < -0.3 is 19.3 Å². The smallest absolute Gasteiger partial charge is 0.420 e. The zero-order chi connectivity index (χ0) is 48.6. The SMILES string of the molecule is C.CC(C)(C)C1CCC(Oc2ccc3cc(CN4CC(C(=O)O)C4)ccc3c2C(F)(F)F)CC1.COC(=O)C1CN(Cc2ccc3c(C(F)(F)F)c(OC4CCC(C(C)(C)C)CC4)ccc3c2)C1. The first-order chi connectivity index (χ1) is 31.4. The van der Waals surface area contributed by atoms with E-state index in [4.69, 9.17) is 19.3 Å². The van der Waals surface area contributed by atoms with E-state index in [0.717, 1.165) is 62.5 Å². The van der Waals surface area contributed by atoms with Gasteiger partial charge in [0.2, 0.25) is 0 Å². The quantitative estimate of drug-likeness (QED) is 0.124. The molecule has 2 aliphatic heterocycles. The minimum Gasteiger partial charge on any atom is -0.490 e. The Kier molecular flexibility index (Phi) is 16.2. The number of alkyl halides is 6. The topological polar surface area (TPSA) is 88.5 Å². The zero-order valence-electron chi connectivity index (χ0n) is 39.8. The van der Waals surface area contributed by atoms with Gasteiger partial charge >= 0.3 is 24.3 Å². The Labute approximate surface area is 397 Å². The first-order valence-corrected chi connectivity index (χ1v) is 23.7. The highest BCUT2D eigenvalue weighted by molar-refractivity contribution is 5.90. The van der Waals surface area contributed by atoms with Crippen molar-refractivity contribution in [3.05, 3.63) is 82.9 Å². The number of carbonyl (C=O) groups is 2. The number of carboxylic acid groups (broad SMARTS) is 1. The van der Waals surface area contributed by atoms with E-state index < -0.39 is 29.4 Å². The molecular formula is C54H70F6N2O6. The summed E-state index contributed by atoms with van der Waals surface area (Å²) in [6.07, 6.45) is -2.46. The number of rotatable bonds is 10. The predicted molar refractivity (Wildman–Crippen MR) is 253 cm³/mol. The third kappa shape index (κ3) is 12.6. The number of ether oxygens (including phenoxy) is 3. The van der Waals surface area contributed by atoms with Gasteiger partial charge in [-0.2, -0.15) is 26.3 Å². The van der Waals surface area contributed by atoms with Crippen LogP contribution in [0.4, 0.5) is 26.3 Å². The van der Waals surface area contributed by atoms with E-state index in [-0.39, 0.29) is 70.5 Å². The van der Waals surface area contributed by atoms with Crippen molar-refractivity contribution >= 4 is 33.5 Å².